The fourth-order valence-corrected chi connectivity index (χ4v) is 6.87. The molecule has 0 aromatic heterocycles. The zero-order chi connectivity index (χ0) is 22.9. The number of nitrogens with zero attached hydrogens (tertiary/aromatic N) is 2. The Hall–Kier alpha value is -2.71. The number of benzene rings is 2. The summed E-state index contributed by atoms with van der Waals surface area (Å²) in [5.74, 6) is -0.355. The van der Waals surface area contributed by atoms with E-state index >= 15 is 0 Å². The molecular weight excluding hydrogens is 426 g/mol. The van der Waals surface area contributed by atoms with Gasteiger partial charge in [0.25, 0.3) is 5.91 Å². The minimum absolute atomic E-state index is 0.0498. The molecule has 0 bridgehead atoms. The van der Waals surface area contributed by atoms with Crippen molar-refractivity contribution in [1.29, 1.82) is 0 Å². The Balaban J connectivity index is 1.51. The number of amides is 2. The number of hydrogen-bond donors (Lipinski definition) is 1. The van der Waals surface area contributed by atoms with Crippen LogP contribution >= 0.6 is 0 Å². The standard InChI is InChI=1S/C24H29N3O4S/c1-17-15-26(16-23(28)25-17)24(29)21-12-10-19(11-13-21)18(2)27-14-6-9-22(32(27,30)31)20-7-4-3-5-8-20/h3-5,7-8,10-13,17-18,22H,6,9,14-16H2,1-2H3,(H,25,28). The first-order valence-electron chi connectivity index (χ1n) is 11.0. The molecule has 3 atom stereocenters. The smallest absolute Gasteiger partial charge is 0.254 e. The first-order chi connectivity index (χ1) is 15.3. The maximum atomic E-state index is 13.4. The summed E-state index contributed by atoms with van der Waals surface area (Å²) in [4.78, 5) is 26.1. The van der Waals surface area contributed by atoms with Gasteiger partial charge in [0.05, 0.1) is 6.54 Å². The average Bonchev–Trinajstić information content (AvgIpc) is 2.78. The summed E-state index contributed by atoms with van der Waals surface area (Å²) in [5.41, 5.74) is 2.15. The second-order valence-corrected chi connectivity index (χ2v) is 10.7. The van der Waals surface area contributed by atoms with Gasteiger partial charge in [0.2, 0.25) is 15.9 Å². The summed E-state index contributed by atoms with van der Waals surface area (Å²) in [6.07, 6.45) is 1.42. The van der Waals surface area contributed by atoms with Crippen molar-refractivity contribution in [3.8, 4) is 0 Å². The number of rotatable bonds is 4. The SMILES string of the molecule is CC1CN(C(=O)c2ccc(C(C)N3CCCC(c4ccccc4)S3(=O)=O)cc2)CC(=O)N1. The van der Waals surface area contributed by atoms with E-state index in [4.69, 9.17) is 0 Å². The van der Waals surface area contributed by atoms with E-state index in [1.54, 1.807) is 21.3 Å². The van der Waals surface area contributed by atoms with Gasteiger partial charge in [0.15, 0.2) is 0 Å². The van der Waals surface area contributed by atoms with E-state index in [-0.39, 0.29) is 30.4 Å². The topological polar surface area (TPSA) is 86.8 Å². The third-order valence-corrected chi connectivity index (χ3v) is 8.68. The molecule has 7 nitrogen and oxygen atoms in total. The summed E-state index contributed by atoms with van der Waals surface area (Å²) >= 11 is 0. The fraction of sp³-hybridized carbons (Fsp3) is 0.417. The van der Waals surface area contributed by atoms with Gasteiger partial charge in [0, 0.05) is 30.7 Å². The van der Waals surface area contributed by atoms with Gasteiger partial charge in [-0.1, -0.05) is 42.5 Å². The highest BCUT2D eigenvalue weighted by Crippen LogP contribution is 2.38. The molecule has 0 saturated carbocycles. The molecule has 2 heterocycles. The molecule has 3 unspecified atom stereocenters. The second kappa shape index (κ2) is 9.03. The Morgan fingerprint density at radius 2 is 1.78 bits per heavy atom. The van der Waals surface area contributed by atoms with Gasteiger partial charge in [-0.2, -0.15) is 4.31 Å². The number of piperazine rings is 1. The largest absolute Gasteiger partial charge is 0.350 e. The van der Waals surface area contributed by atoms with Crippen LogP contribution in [0, 0.1) is 0 Å². The highest BCUT2D eigenvalue weighted by molar-refractivity contribution is 7.89. The van der Waals surface area contributed by atoms with Crippen molar-refractivity contribution in [3.63, 3.8) is 0 Å². The van der Waals surface area contributed by atoms with Gasteiger partial charge in [-0.25, -0.2) is 8.42 Å². The number of hydrogen-bond acceptors (Lipinski definition) is 4. The number of carbonyl (C=O) groups excluding carboxylic acids is 2. The molecule has 2 aliphatic rings. The Kier molecular flexibility index (Phi) is 6.35. The van der Waals surface area contributed by atoms with E-state index in [9.17, 15) is 18.0 Å². The molecule has 1 N–H and O–H groups in total. The predicted molar refractivity (Wildman–Crippen MR) is 122 cm³/mol. The molecule has 8 heteroatoms. The lowest BCUT2D eigenvalue weighted by atomic mass is 10.0. The molecule has 2 aliphatic heterocycles. The number of nitrogens with one attached hydrogen (secondary N) is 1. The Morgan fingerprint density at radius 3 is 2.44 bits per heavy atom. The summed E-state index contributed by atoms with van der Waals surface area (Å²) in [6.45, 7) is 4.75. The van der Waals surface area contributed by atoms with E-state index in [0.29, 0.717) is 25.1 Å². The average molecular weight is 456 g/mol. The van der Waals surface area contributed by atoms with Crippen LogP contribution < -0.4 is 5.32 Å². The lowest BCUT2D eigenvalue weighted by molar-refractivity contribution is -0.124. The van der Waals surface area contributed by atoms with Crippen molar-refractivity contribution in [2.75, 3.05) is 19.6 Å². The van der Waals surface area contributed by atoms with Crippen molar-refractivity contribution in [2.45, 2.75) is 44.0 Å². The van der Waals surface area contributed by atoms with Crippen LogP contribution in [0.5, 0.6) is 0 Å². The van der Waals surface area contributed by atoms with Crippen LogP contribution in [-0.2, 0) is 14.8 Å². The molecule has 2 aromatic carbocycles. The molecule has 0 aliphatic carbocycles. The molecule has 2 aromatic rings. The maximum absolute atomic E-state index is 13.4. The van der Waals surface area contributed by atoms with Crippen molar-refractivity contribution < 1.29 is 18.0 Å². The van der Waals surface area contributed by atoms with E-state index in [1.807, 2.05) is 56.3 Å². The van der Waals surface area contributed by atoms with Crippen molar-refractivity contribution in [2.24, 2.45) is 0 Å². The summed E-state index contributed by atoms with van der Waals surface area (Å²) in [7, 11) is -3.51. The minimum Gasteiger partial charge on any atom is -0.350 e. The van der Waals surface area contributed by atoms with E-state index in [1.165, 1.54) is 0 Å². The third-order valence-electron chi connectivity index (χ3n) is 6.30. The fourth-order valence-electron chi connectivity index (χ4n) is 4.63. The Bertz CT molecular complexity index is 1090. The lowest BCUT2D eigenvalue weighted by Gasteiger charge is -2.36. The second-order valence-electron chi connectivity index (χ2n) is 8.65. The molecule has 2 fully saturated rings. The van der Waals surface area contributed by atoms with Crippen molar-refractivity contribution in [3.05, 3.63) is 71.3 Å². The van der Waals surface area contributed by atoms with Crippen LogP contribution in [0.4, 0.5) is 0 Å². The highest BCUT2D eigenvalue weighted by Gasteiger charge is 2.39. The number of carbonyl (C=O) groups is 2. The molecule has 0 radical (unpaired) electrons. The number of sulfonamides is 1. The Morgan fingerprint density at radius 1 is 1.09 bits per heavy atom. The first-order valence-corrected chi connectivity index (χ1v) is 12.5. The van der Waals surface area contributed by atoms with Crippen LogP contribution in [-0.4, -0.2) is 55.1 Å². The zero-order valence-corrected chi connectivity index (χ0v) is 19.2. The van der Waals surface area contributed by atoms with Gasteiger partial charge in [-0.05, 0) is 49.9 Å². The molecule has 32 heavy (non-hydrogen) atoms. The Labute approximate surface area is 189 Å². The summed E-state index contributed by atoms with van der Waals surface area (Å²) in [5, 5.41) is 2.27. The van der Waals surface area contributed by atoms with Crippen LogP contribution in [0.1, 0.15) is 59.5 Å². The minimum atomic E-state index is -3.51. The summed E-state index contributed by atoms with van der Waals surface area (Å²) in [6, 6.07) is 16.0. The molecule has 4 rings (SSSR count). The van der Waals surface area contributed by atoms with Crippen LogP contribution in [0.15, 0.2) is 54.6 Å². The van der Waals surface area contributed by atoms with E-state index in [2.05, 4.69) is 5.32 Å². The monoisotopic (exact) mass is 455 g/mol. The highest BCUT2D eigenvalue weighted by atomic mass is 32.2. The summed E-state index contributed by atoms with van der Waals surface area (Å²) < 4.78 is 28.4. The maximum Gasteiger partial charge on any atom is 0.254 e. The van der Waals surface area contributed by atoms with Gasteiger partial charge in [0.1, 0.15) is 5.25 Å². The zero-order valence-electron chi connectivity index (χ0n) is 18.4. The van der Waals surface area contributed by atoms with Gasteiger partial charge in [-0.15, -0.1) is 0 Å². The molecular formula is C24H29N3O4S. The normalized spacial score (nSPS) is 24.6. The van der Waals surface area contributed by atoms with Crippen molar-refractivity contribution in [1.82, 2.24) is 14.5 Å². The molecule has 0 spiro atoms. The van der Waals surface area contributed by atoms with Crippen LogP contribution in [0.2, 0.25) is 0 Å². The van der Waals surface area contributed by atoms with Crippen LogP contribution in [0.25, 0.3) is 0 Å². The van der Waals surface area contributed by atoms with E-state index in [0.717, 1.165) is 17.5 Å². The van der Waals surface area contributed by atoms with Crippen molar-refractivity contribution >= 4 is 21.8 Å². The van der Waals surface area contributed by atoms with Crippen LogP contribution in [0.3, 0.4) is 0 Å². The predicted octanol–water partition coefficient (Wildman–Crippen LogP) is 2.88. The lowest BCUT2D eigenvalue weighted by Crippen LogP contribution is -2.54. The van der Waals surface area contributed by atoms with Gasteiger partial charge < -0.3 is 10.2 Å². The molecule has 2 saturated heterocycles. The molecule has 2 amide bonds. The van der Waals surface area contributed by atoms with E-state index < -0.39 is 15.3 Å². The molecule has 170 valence electrons. The van der Waals surface area contributed by atoms with Gasteiger partial charge >= 0.3 is 0 Å². The van der Waals surface area contributed by atoms with Gasteiger partial charge in [-0.3, -0.25) is 9.59 Å². The first kappa shape index (κ1) is 22.5. The quantitative estimate of drug-likeness (QED) is 0.768. The third kappa shape index (κ3) is 4.42.